The van der Waals surface area contributed by atoms with Crippen LogP contribution in [0, 0.1) is 0 Å². The highest BCUT2D eigenvalue weighted by Crippen LogP contribution is 2.34. The van der Waals surface area contributed by atoms with Crippen LogP contribution in [0.3, 0.4) is 0 Å². The number of halogens is 2. The molecule has 0 atom stereocenters. The molecule has 0 amide bonds. The minimum absolute atomic E-state index is 0. The van der Waals surface area contributed by atoms with Gasteiger partial charge in [-0.05, 0) is 24.3 Å². The van der Waals surface area contributed by atoms with Gasteiger partial charge in [0.1, 0.15) is 0 Å². The molecule has 0 aromatic heterocycles. The van der Waals surface area contributed by atoms with E-state index in [1.807, 2.05) is 36.4 Å². The summed E-state index contributed by atoms with van der Waals surface area (Å²) in [5.41, 5.74) is 4.34. The minimum Gasteiger partial charge on any atom is -0.342 e. The van der Waals surface area contributed by atoms with Crippen molar-refractivity contribution in [2.45, 2.75) is 0 Å². The summed E-state index contributed by atoms with van der Waals surface area (Å²) in [6.07, 6.45) is 0. The van der Waals surface area contributed by atoms with Crippen LogP contribution >= 0.6 is 35.6 Å². The molecule has 0 saturated carbocycles. The molecule has 0 radical (unpaired) electrons. The fourth-order valence-corrected chi connectivity index (χ4v) is 2.91. The van der Waals surface area contributed by atoms with E-state index in [0.717, 1.165) is 32.8 Å². The van der Waals surface area contributed by atoms with Crippen molar-refractivity contribution in [3.05, 3.63) is 53.6 Å². The van der Waals surface area contributed by atoms with Crippen LogP contribution in [-0.2, 0) is 7.05 Å². The third kappa shape index (κ3) is 1.88. The van der Waals surface area contributed by atoms with Crippen molar-refractivity contribution in [2.75, 3.05) is 0 Å². The molecule has 2 aliphatic rings. The number of aromatic nitrogens is 2. The van der Waals surface area contributed by atoms with Crippen LogP contribution in [0.15, 0.2) is 48.5 Å². The summed E-state index contributed by atoms with van der Waals surface area (Å²) in [6.45, 7) is 0. The number of hydrogen-bond acceptors (Lipinski definition) is 1. The zero-order valence-corrected chi connectivity index (χ0v) is 13.9. The first-order valence-corrected chi connectivity index (χ1v) is 6.55. The summed E-state index contributed by atoms with van der Waals surface area (Å²) in [6, 6.07) is 16.3. The molecule has 2 aromatic carbocycles. The maximum atomic E-state index is 6.11. The summed E-state index contributed by atoms with van der Waals surface area (Å²) < 4.78 is 2.17. The van der Waals surface area contributed by atoms with Crippen LogP contribution in [0.2, 0.25) is 5.02 Å². The van der Waals surface area contributed by atoms with E-state index in [2.05, 4.69) is 23.7 Å². The Morgan fingerprint density at radius 3 is 2.70 bits per heavy atom. The number of para-hydroxylation sites is 1. The van der Waals surface area contributed by atoms with Gasteiger partial charge in [-0.1, -0.05) is 35.9 Å². The molecule has 100 valence electrons. The van der Waals surface area contributed by atoms with Gasteiger partial charge in [0.2, 0.25) is 0 Å². The Bertz CT molecular complexity index is 898. The van der Waals surface area contributed by atoms with Crippen molar-refractivity contribution >= 4 is 57.4 Å². The maximum Gasteiger partial charge on any atom is 0.0887 e. The van der Waals surface area contributed by atoms with Crippen molar-refractivity contribution in [2.24, 2.45) is 7.05 Å². The van der Waals surface area contributed by atoms with Gasteiger partial charge in [0.05, 0.1) is 16.9 Å². The van der Waals surface area contributed by atoms with Gasteiger partial charge in [0.15, 0.2) is 0 Å². The number of pyridine rings is 1. The lowest BCUT2D eigenvalue weighted by Crippen LogP contribution is -1.98. The standard InChI is InChI=1S/C16H11ClN2.HI/c1-19-15-9-11(17)7-6-10(15)8-14-16(19)12-4-2-3-5-13(12)18-14;/h2-9H,1H3;1H. The quantitative estimate of drug-likeness (QED) is 0.379. The van der Waals surface area contributed by atoms with E-state index in [0.29, 0.717) is 0 Å². The van der Waals surface area contributed by atoms with Gasteiger partial charge >= 0.3 is 0 Å². The molecule has 0 aliphatic carbocycles. The number of rotatable bonds is 0. The van der Waals surface area contributed by atoms with Crippen LogP contribution in [0.4, 0.5) is 0 Å². The Balaban J connectivity index is 0.00000121. The highest BCUT2D eigenvalue weighted by atomic mass is 127. The highest BCUT2D eigenvalue weighted by Gasteiger charge is 2.15. The maximum absolute atomic E-state index is 6.11. The van der Waals surface area contributed by atoms with Crippen molar-refractivity contribution in [3.63, 3.8) is 0 Å². The van der Waals surface area contributed by atoms with E-state index in [9.17, 15) is 0 Å². The van der Waals surface area contributed by atoms with E-state index in [4.69, 9.17) is 16.6 Å². The van der Waals surface area contributed by atoms with Gasteiger partial charge in [0, 0.05) is 28.4 Å². The third-order valence-corrected chi connectivity index (χ3v) is 3.86. The summed E-state index contributed by atoms with van der Waals surface area (Å²) >= 11 is 6.11. The molecule has 2 nitrogen and oxygen atoms in total. The second-order valence-electron chi connectivity index (χ2n) is 4.77. The SMILES string of the molecule is Cn1c2c3ccccc3nc-2cc2ccc(Cl)cc21.I. The van der Waals surface area contributed by atoms with E-state index in [1.54, 1.807) is 0 Å². The van der Waals surface area contributed by atoms with E-state index < -0.39 is 0 Å². The fraction of sp³-hybridized carbons (Fsp3) is 0.0625. The lowest BCUT2D eigenvalue weighted by Gasteiger charge is -2.12. The first kappa shape index (κ1) is 13.6. The normalized spacial score (nSPS) is 11.1. The highest BCUT2D eigenvalue weighted by molar-refractivity contribution is 14.0. The van der Waals surface area contributed by atoms with Gasteiger partial charge in [-0.25, -0.2) is 4.98 Å². The van der Waals surface area contributed by atoms with Crippen LogP contribution < -0.4 is 0 Å². The molecule has 0 spiro atoms. The van der Waals surface area contributed by atoms with Gasteiger partial charge in [0.25, 0.3) is 0 Å². The second kappa shape index (κ2) is 4.90. The molecule has 2 heterocycles. The van der Waals surface area contributed by atoms with Crippen LogP contribution in [0.25, 0.3) is 33.2 Å². The summed E-state index contributed by atoms with van der Waals surface area (Å²) in [5, 5.41) is 3.09. The molecule has 0 N–H and O–H groups in total. The summed E-state index contributed by atoms with van der Waals surface area (Å²) in [7, 11) is 2.06. The molecular formula is C16H12ClIN2. The van der Waals surface area contributed by atoms with Crippen molar-refractivity contribution in [1.29, 1.82) is 0 Å². The van der Waals surface area contributed by atoms with Crippen LogP contribution in [0.5, 0.6) is 0 Å². The van der Waals surface area contributed by atoms with Crippen molar-refractivity contribution < 1.29 is 0 Å². The average Bonchev–Trinajstić information content (AvgIpc) is 2.78. The smallest absolute Gasteiger partial charge is 0.0887 e. The first-order chi connectivity index (χ1) is 9.24. The molecule has 2 aromatic rings. The van der Waals surface area contributed by atoms with Crippen molar-refractivity contribution in [1.82, 2.24) is 9.55 Å². The van der Waals surface area contributed by atoms with E-state index in [-0.39, 0.29) is 24.0 Å². The largest absolute Gasteiger partial charge is 0.342 e. The Morgan fingerprint density at radius 2 is 1.85 bits per heavy atom. The van der Waals surface area contributed by atoms with E-state index in [1.165, 1.54) is 5.39 Å². The molecule has 0 saturated heterocycles. The number of nitrogens with zero attached hydrogens (tertiary/aromatic N) is 2. The molecule has 2 aliphatic heterocycles. The fourth-order valence-electron chi connectivity index (χ4n) is 2.74. The molecular weight excluding hydrogens is 383 g/mol. The number of hydrogen-bond donors (Lipinski definition) is 0. The summed E-state index contributed by atoms with van der Waals surface area (Å²) in [4.78, 5) is 4.69. The minimum atomic E-state index is 0. The summed E-state index contributed by atoms with van der Waals surface area (Å²) in [5.74, 6) is 0. The van der Waals surface area contributed by atoms with Gasteiger partial charge in [-0.3, -0.25) is 0 Å². The molecule has 20 heavy (non-hydrogen) atoms. The first-order valence-electron chi connectivity index (χ1n) is 6.17. The Labute approximate surface area is 138 Å². The second-order valence-corrected chi connectivity index (χ2v) is 5.21. The monoisotopic (exact) mass is 394 g/mol. The molecule has 4 rings (SSSR count). The molecule has 0 bridgehead atoms. The molecule has 0 unspecified atom stereocenters. The lowest BCUT2D eigenvalue weighted by atomic mass is 10.1. The predicted octanol–water partition coefficient (Wildman–Crippen LogP) is 5.10. The number of aryl methyl sites for hydroxylation is 1. The van der Waals surface area contributed by atoms with Gasteiger partial charge < -0.3 is 4.57 Å². The Morgan fingerprint density at radius 1 is 1.05 bits per heavy atom. The Kier molecular flexibility index (Phi) is 3.34. The van der Waals surface area contributed by atoms with Crippen LogP contribution in [-0.4, -0.2) is 9.55 Å². The number of fused-ring (bicyclic) bond motifs is 4. The van der Waals surface area contributed by atoms with Crippen LogP contribution in [0.1, 0.15) is 0 Å². The lowest BCUT2D eigenvalue weighted by molar-refractivity contribution is 0.967. The van der Waals surface area contributed by atoms with E-state index >= 15 is 0 Å². The Hall–Kier alpha value is -1.33. The zero-order valence-electron chi connectivity index (χ0n) is 10.8. The third-order valence-electron chi connectivity index (χ3n) is 3.62. The molecule has 4 heteroatoms. The predicted molar refractivity (Wildman–Crippen MR) is 95.3 cm³/mol. The van der Waals surface area contributed by atoms with Gasteiger partial charge in [-0.2, -0.15) is 0 Å². The molecule has 0 fully saturated rings. The topological polar surface area (TPSA) is 17.8 Å². The average molecular weight is 395 g/mol. The van der Waals surface area contributed by atoms with Gasteiger partial charge in [-0.15, -0.1) is 24.0 Å². The van der Waals surface area contributed by atoms with Crippen molar-refractivity contribution in [3.8, 4) is 11.4 Å². The number of benzene rings is 2. The zero-order chi connectivity index (χ0) is 13.0.